The lowest BCUT2D eigenvalue weighted by Crippen LogP contribution is -1.94. The van der Waals surface area contributed by atoms with E-state index in [1.807, 2.05) is 6.08 Å². The summed E-state index contributed by atoms with van der Waals surface area (Å²) in [6, 6.07) is 4.83. The summed E-state index contributed by atoms with van der Waals surface area (Å²) in [4.78, 5) is 0. The highest BCUT2D eigenvalue weighted by Gasteiger charge is 2.06. The molecule has 0 spiro atoms. The summed E-state index contributed by atoms with van der Waals surface area (Å²) in [5.74, 6) is 0.842. The predicted molar refractivity (Wildman–Crippen MR) is 40.0 cm³/mol. The summed E-state index contributed by atoms with van der Waals surface area (Å²) in [6.45, 7) is 0. The van der Waals surface area contributed by atoms with E-state index < -0.39 is 0 Å². The van der Waals surface area contributed by atoms with Crippen molar-refractivity contribution in [2.75, 3.05) is 0 Å². The highest BCUT2D eigenvalue weighted by atomic mass is 16.5. The van der Waals surface area contributed by atoms with Gasteiger partial charge in [-0.05, 0) is 30.7 Å². The first-order valence-corrected chi connectivity index (χ1v) is 3.48. The average Bonchev–Trinajstić information content (AvgIpc) is 2.04. The van der Waals surface area contributed by atoms with Crippen LogP contribution in [0.3, 0.4) is 0 Å². The quantitative estimate of drug-likeness (QED) is 0.553. The average molecular weight is 147 g/mol. The summed E-state index contributed by atoms with van der Waals surface area (Å²) < 4.78 is 5.16. The molecule has 0 aliphatic carbocycles. The molecule has 0 unspecified atom stereocenters. The summed E-state index contributed by atoms with van der Waals surface area (Å²) in [6.07, 6.45) is 4.33. The Balaban J connectivity index is 2.48. The largest absolute Gasteiger partial charge is 0.465 e. The van der Waals surface area contributed by atoms with E-state index in [0.717, 1.165) is 17.7 Å². The van der Waals surface area contributed by atoms with Crippen molar-refractivity contribution in [1.29, 1.82) is 0 Å². The maximum absolute atomic E-state index is 10.9. The minimum atomic E-state index is 0.0441. The minimum Gasteiger partial charge on any atom is -0.465 e. The van der Waals surface area contributed by atoms with Crippen molar-refractivity contribution in [2.45, 2.75) is 6.42 Å². The Kier molecular flexibility index (Phi) is 1.32. The lowest BCUT2D eigenvalue weighted by Gasteiger charge is -2.10. The molecule has 1 aromatic carbocycles. The van der Waals surface area contributed by atoms with Crippen LogP contribution in [0.4, 0.5) is 0 Å². The number of hydrogen-bond donors (Lipinski definition) is 0. The van der Waals surface area contributed by atoms with Crippen LogP contribution in [0.15, 0.2) is 30.5 Å². The summed E-state index contributed by atoms with van der Waals surface area (Å²) in [5.41, 5.74) is 0.972. The molecule has 0 N–H and O–H groups in total. The second kappa shape index (κ2) is 2.31. The topological polar surface area (TPSA) is 29.1 Å². The molecular weight excluding hydrogens is 140 g/mol. The molecule has 0 aromatic heterocycles. The molecule has 1 aliphatic rings. The Morgan fingerprint density at radius 1 is 1.36 bits per heavy atom. The van der Waals surface area contributed by atoms with Crippen LogP contribution < -0.4 is 4.74 Å². The van der Waals surface area contributed by atoms with Gasteiger partial charge in [0.1, 0.15) is 5.75 Å². The summed E-state index contributed by atoms with van der Waals surface area (Å²) in [5, 5.41) is 10.9. The minimum absolute atomic E-state index is 0.0441. The Bertz CT molecular complexity index is 302. The van der Waals surface area contributed by atoms with Gasteiger partial charge in [-0.2, -0.15) is 0 Å². The SMILES string of the molecule is [O]c1ccc2c(c1)CC=CO2. The molecule has 2 nitrogen and oxygen atoms in total. The molecule has 0 atom stereocenters. The van der Waals surface area contributed by atoms with Gasteiger partial charge in [0.2, 0.25) is 0 Å². The van der Waals surface area contributed by atoms with Crippen molar-refractivity contribution in [2.24, 2.45) is 0 Å². The second-order valence-electron chi connectivity index (χ2n) is 2.46. The van der Waals surface area contributed by atoms with Gasteiger partial charge in [-0.3, -0.25) is 5.11 Å². The number of allylic oxidation sites excluding steroid dienone is 1. The fourth-order valence-corrected chi connectivity index (χ4v) is 1.13. The van der Waals surface area contributed by atoms with Gasteiger partial charge >= 0.3 is 0 Å². The maximum Gasteiger partial charge on any atom is 0.179 e. The van der Waals surface area contributed by atoms with Gasteiger partial charge in [-0.1, -0.05) is 0 Å². The molecule has 11 heavy (non-hydrogen) atoms. The molecule has 1 heterocycles. The number of ether oxygens (including phenoxy) is 1. The van der Waals surface area contributed by atoms with Gasteiger partial charge in [-0.15, -0.1) is 0 Å². The number of hydrogen-bond acceptors (Lipinski definition) is 1. The molecule has 0 fully saturated rings. The van der Waals surface area contributed by atoms with E-state index in [9.17, 15) is 5.11 Å². The van der Waals surface area contributed by atoms with E-state index in [2.05, 4.69) is 0 Å². The molecule has 55 valence electrons. The van der Waals surface area contributed by atoms with Gasteiger partial charge in [0, 0.05) is 5.56 Å². The third-order valence-corrected chi connectivity index (χ3v) is 1.66. The molecule has 1 radical (unpaired) electrons. The van der Waals surface area contributed by atoms with Gasteiger partial charge in [0.25, 0.3) is 0 Å². The van der Waals surface area contributed by atoms with Crippen LogP contribution in [0.25, 0.3) is 0 Å². The van der Waals surface area contributed by atoms with Crippen LogP contribution in [0.5, 0.6) is 11.5 Å². The molecule has 0 bridgehead atoms. The Labute approximate surface area is 64.7 Å². The molecular formula is C9H7O2. The first kappa shape index (κ1) is 6.28. The van der Waals surface area contributed by atoms with Crippen LogP contribution in [0.2, 0.25) is 0 Å². The highest BCUT2D eigenvalue weighted by Crippen LogP contribution is 2.26. The van der Waals surface area contributed by atoms with Crippen molar-refractivity contribution in [3.63, 3.8) is 0 Å². The van der Waals surface area contributed by atoms with Gasteiger partial charge in [0.15, 0.2) is 5.75 Å². The molecule has 0 amide bonds. The number of benzene rings is 1. The van der Waals surface area contributed by atoms with Crippen molar-refractivity contribution in [3.8, 4) is 11.5 Å². The molecule has 1 aliphatic heterocycles. The lowest BCUT2D eigenvalue weighted by molar-refractivity contribution is 0.353. The molecule has 2 rings (SSSR count). The molecule has 0 saturated carbocycles. The van der Waals surface area contributed by atoms with E-state index >= 15 is 0 Å². The fraction of sp³-hybridized carbons (Fsp3) is 0.111. The van der Waals surface area contributed by atoms with Crippen molar-refractivity contribution in [3.05, 3.63) is 36.1 Å². The van der Waals surface area contributed by atoms with Crippen LogP contribution in [-0.2, 0) is 11.5 Å². The van der Waals surface area contributed by atoms with Crippen molar-refractivity contribution in [1.82, 2.24) is 0 Å². The Morgan fingerprint density at radius 2 is 2.27 bits per heavy atom. The highest BCUT2D eigenvalue weighted by molar-refractivity contribution is 5.42. The third-order valence-electron chi connectivity index (χ3n) is 1.66. The smallest absolute Gasteiger partial charge is 0.179 e. The van der Waals surface area contributed by atoms with Crippen molar-refractivity contribution < 1.29 is 9.84 Å². The van der Waals surface area contributed by atoms with Crippen LogP contribution >= 0.6 is 0 Å². The van der Waals surface area contributed by atoms with Crippen LogP contribution in [-0.4, -0.2) is 0 Å². The zero-order valence-electron chi connectivity index (χ0n) is 5.91. The third kappa shape index (κ3) is 1.07. The van der Waals surface area contributed by atoms with Crippen LogP contribution in [0.1, 0.15) is 5.56 Å². The second-order valence-corrected chi connectivity index (χ2v) is 2.46. The number of fused-ring (bicyclic) bond motifs is 1. The van der Waals surface area contributed by atoms with E-state index in [0.29, 0.717) is 0 Å². The maximum atomic E-state index is 10.9. The zero-order valence-corrected chi connectivity index (χ0v) is 5.91. The monoisotopic (exact) mass is 147 g/mol. The van der Waals surface area contributed by atoms with E-state index in [-0.39, 0.29) is 5.75 Å². The summed E-state index contributed by atoms with van der Waals surface area (Å²) >= 11 is 0. The first-order valence-electron chi connectivity index (χ1n) is 3.48. The van der Waals surface area contributed by atoms with Gasteiger partial charge in [0.05, 0.1) is 6.26 Å². The van der Waals surface area contributed by atoms with E-state index in [1.54, 1.807) is 18.4 Å². The standard InChI is InChI=1S/C9H7O2/c10-8-3-4-9-7(6-8)2-1-5-11-9/h1,3-6H,2H2. The van der Waals surface area contributed by atoms with Crippen molar-refractivity contribution >= 4 is 0 Å². The van der Waals surface area contributed by atoms with Crippen LogP contribution in [0, 0.1) is 0 Å². The van der Waals surface area contributed by atoms with E-state index in [1.165, 1.54) is 6.07 Å². The molecule has 1 aromatic rings. The zero-order chi connectivity index (χ0) is 7.68. The Hall–Kier alpha value is -1.44. The summed E-state index contributed by atoms with van der Waals surface area (Å²) in [7, 11) is 0. The predicted octanol–water partition coefficient (Wildman–Crippen LogP) is 2.28. The Morgan fingerprint density at radius 3 is 3.18 bits per heavy atom. The fourth-order valence-electron chi connectivity index (χ4n) is 1.13. The van der Waals surface area contributed by atoms with Gasteiger partial charge < -0.3 is 4.74 Å². The first-order chi connectivity index (χ1) is 5.36. The lowest BCUT2D eigenvalue weighted by atomic mass is 10.1. The molecule has 0 saturated heterocycles. The normalized spacial score (nSPS) is 13.8. The van der Waals surface area contributed by atoms with Gasteiger partial charge in [-0.25, -0.2) is 0 Å². The number of rotatable bonds is 0. The van der Waals surface area contributed by atoms with E-state index in [4.69, 9.17) is 4.74 Å². The molecule has 2 heteroatoms.